The first-order valence-corrected chi connectivity index (χ1v) is 13.5. The number of thiazole rings is 1. The zero-order valence-corrected chi connectivity index (χ0v) is 21.0. The number of morpholine rings is 1. The van der Waals surface area contributed by atoms with Crippen molar-refractivity contribution in [1.82, 2.24) is 25.1 Å². The van der Waals surface area contributed by atoms with E-state index in [4.69, 9.17) is 26.3 Å². The van der Waals surface area contributed by atoms with Crippen molar-refractivity contribution in [3.05, 3.63) is 46.5 Å². The summed E-state index contributed by atoms with van der Waals surface area (Å²) in [5.74, 6) is 0.618. The normalized spacial score (nSPS) is 20.9. The number of hydrogen-bond acceptors (Lipinski definition) is 8. The predicted octanol–water partition coefficient (Wildman–Crippen LogP) is 5.83. The summed E-state index contributed by atoms with van der Waals surface area (Å²) < 4.78 is 22.9. The highest BCUT2D eigenvalue weighted by atomic mass is 35.5. The van der Waals surface area contributed by atoms with Gasteiger partial charge in [0.25, 0.3) is 0 Å². The maximum absolute atomic E-state index is 15.0. The second kappa shape index (κ2) is 8.75. The van der Waals surface area contributed by atoms with Crippen LogP contribution in [0.4, 0.5) is 10.3 Å². The fourth-order valence-electron chi connectivity index (χ4n) is 4.42. The van der Waals surface area contributed by atoms with Gasteiger partial charge in [0, 0.05) is 34.8 Å². The van der Waals surface area contributed by atoms with Crippen LogP contribution in [0.15, 0.2) is 28.7 Å². The predicted molar refractivity (Wildman–Crippen MR) is 133 cm³/mol. The molecule has 4 aromatic rings. The van der Waals surface area contributed by atoms with Crippen LogP contribution in [0.1, 0.15) is 43.0 Å². The van der Waals surface area contributed by atoms with Crippen molar-refractivity contribution in [2.24, 2.45) is 0 Å². The highest BCUT2D eigenvalue weighted by Gasteiger charge is 2.35. The van der Waals surface area contributed by atoms with Crippen LogP contribution in [-0.4, -0.2) is 50.6 Å². The summed E-state index contributed by atoms with van der Waals surface area (Å²) in [4.78, 5) is 16.4. The third-order valence-electron chi connectivity index (χ3n) is 6.14. The Kier molecular flexibility index (Phi) is 5.71. The number of aromatic nitrogens is 5. The highest BCUT2D eigenvalue weighted by molar-refractivity contribution is 8.00. The minimum absolute atomic E-state index is 0.0343. The van der Waals surface area contributed by atoms with Gasteiger partial charge in [-0.15, -0.1) is 11.3 Å². The van der Waals surface area contributed by atoms with Crippen molar-refractivity contribution in [1.29, 1.82) is 0 Å². The van der Waals surface area contributed by atoms with E-state index in [9.17, 15) is 4.39 Å². The van der Waals surface area contributed by atoms with E-state index < -0.39 is 5.82 Å². The zero-order chi connectivity index (χ0) is 23.4. The van der Waals surface area contributed by atoms with Crippen molar-refractivity contribution in [3.63, 3.8) is 0 Å². The van der Waals surface area contributed by atoms with Gasteiger partial charge in [-0.1, -0.05) is 23.4 Å². The lowest BCUT2D eigenvalue weighted by atomic mass is 10.1. The van der Waals surface area contributed by atoms with Gasteiger partial charge < -0.3 is 9.64 Å². The third-order valence-corrected chi connectivity index (χ3v) is 8.41. The van der Waals surface area contributed by atoms with Crippen LogP contribution in [0, 0.1) is 5.82 Å². The van der Waals surface area contributed by atoms with Gasteiger partial charge in [0.05, 0.1) is 24.0 Å². The molecule has 4 heterocycles. The second-order valence-electron chi connectivity index (χ2n) is 8.67. The SMILES string of the molecule is CSc1nc2nc(N3C[C@@H](C)O[C@@H](c4c[nH]nc4C4CC4)C3)nc(-c3ccc(Cl)cc3F)c2s1. The lowest BCUT2D eigenvalue weighted by Gasteiger charge is -2.37. The number of hydrogen-bond donors (Lipinski definition) is 1. The van der Waals surface area contributed by atoms with Crippen molar-refractivity contribution in [3.8, 4) is 11.3 Å². The summed E-state index contributed by atoms with van der Waals surface area (Å²) in [5, 5.41) is 7.84. The number of nitrogens with zero attached hydrogens (tertiary/aromatic N) is 5. The first-order chi connectivity index (χ1) is 16.5. The lowest BCUT2D eigenvalue weighted by molar-refractivity contribution is -0.0182. The van der Waals surface area contributed by atoms with Gasteiger partial charge in [-0.3, -0.25) is 5.10 Å². The number of benzene rings is 1. The Hall–Kier alpha value is -2.27. The monoisotopic (exact) mass is 516 g/mol. The number of thioether (sulfide) groups is 1. The number of aromatic amines is 1. The quantitative estimate of drug-likeness (QED) is 0.334. The molecule has 6 rings (SSSR count). The van der Waals surface area contributed by atoms with Gasteiger partial charge in [-0.05, 0) is 44.2 Å². The molecular formula is C23H22ClFN6OS2. The maximum Gasteiger partial charge on any atom is 0.228 e. The molecule has 2 aliphatic rings. The molecule has 1 saturated carbocycles. The smallest absolute Gasteiger partial charge is 0.228 e. The fourth-order valence-corrected chi connectivity index (χ4v) is 6.09. The summed E-state index contributed by atoms with van der Waals surface area (Å²) in [5.41, 5.74) is 3.69. The summed E-state index contributed by atoms with van der Waals surface area (Å²) in [7, 11) is 0. The van der Waals surface area contributed by atoms with Crippen molar-refractivity contribution >= 4 is 51.0 Å². The Morgan fingerprint density at radius 2 is 2.09 bits per heavy atom. The topological polar surface area (TPSA) is 79.8 Å². The fraction of sp³-hybridized carbons (Fsp3) is 0.391. The molecule has 0 unspecified atom stereocenters. The second-order valence-corrected chi connectivity index (χ2v) is 11.2. The molecule has 2 atom stereocenters. The Bertz CT molecular complexity index is 1370. The maximum atomic E-state index is 15.0. The van der Waals surface area contributed by atoms with E-state index in [0.717, 1.165) is 20.3 Å². The van der Waals surface area contributed by atoms with Gasteiger partial charge in [0.1, 0.15) is 16.6 Å². The zero-order valence-electron chi connectivity index (χ0n) is 18.6. The molecule has 34 heavy (non-hydrogen) atoms. The van der Waals surface area contributed by atoms with E-state index in [0.29, 0.717) is 46.9 Å². The number of rotatable bonds is 5. The van der Waals surface area contributed by atoms with Crippen LogP contribution >= 0.6 is 34.7 Å². The number of H-pyrrole nitrogens is 1. The van der Waals surface area contributed by atoms with E-state index in [1.54, 1.807) is 12.1 Å². The number of fused-ring (bicyclic) bond motifs is 1. The highest BCUT2D eigenvalue weighted by Crippen LogP contribution is 2.43. The molecule has 11 heteroatoms. The van der Waals surface area contributed by atoms with Crippen LogP contribution < -0.4 is 4.90 Å². The first-order valence-electron chi connectivity index (χ1n) is 11.1. The van der Waals surface area contributed by atoms with Crippen LogP contribution in [0.25, 0.3) is 21.6 Å². The van der Waals surface area contributed by atoms with Crippen molar-refractivity contribution in [2.75, 3.05) is 24.2 Å². The number of nitrogens with one attached hydrogen (secondary N) is 1. The Morgan fingerprint density at radius 1 is 1.24 bits per heavy atom. The molecule has 2 fully saturated rings. The Balaban J connectivity index is 1.43. The van der Waals surface area contributed by atoms with Crippen LogP contribution in [-0.2, 0) is 4.74 Å². The van der Waals surface area contributed by atoms with E-state index in [-0.39, 0.29) is 12.2 Å². The average Bonchev–Trinajstić information content (AvgIpc) is 3.38. The molecule has 0 bridgehead atoms. The number of halogens is 2. The molecule has 0 amide bonds. The summed E-state index contributed by atoms with van der Waals surface area (Å²) in [6.45, 7) is 3.25. The number of ether oxygens (including phenoxy) is 1. The van der Waals surface area contributed by atoms with Gasteiger partial charge in [0.15, 0.2) is 9.99 Å². The number of anilines is 1. The summed E-state index contributed by atoms with van der Waals surface area (Å²) in [6.07, 6.45) is 6.06. The minimum Gasteiger partial charge on any atom is -0.367 e. The van der Waals surface area contributed by atoms with E-state index in [1.165, 1.54) is 42.0 Å². The Labute approximate surface area is 209 Å². The molecule has 3 aromatic heterocycles. The Morgan fingerprint density at radius 3 is 2.85 bits per heavy atom. The lowest BCUT2D eigenvalue weighted by Crippen LogP contribution is -2.43. The van der Waals surface area contributed by atoms with Crippen molar-refractivity contribution < 1.29 is 9.13 Å². The summed E-state index contributed by atoms with van der Waals surface area (Å²) in [6, 6.07) is 4.65. The minimum atomic E-state index is -0.418. The third kappa shape index (κ3) is 4.06. The summed E-state index contributed by atoms with van der Waals surface area (Å²) >= 11 is 9.01. The van der Waals surface area contributed by atoms with Crippen LogP contribution in [0.5, 0.6) is 0 Å². The van der Waals surface area contributed by atoms with Crippen molar-refractivity contribution in [2.45, 2.75) is 42.2 Å². The molecule has 1 aromatic carbocycles. The molecular weight excluding hydrogens is 495 g/mol. The van der Waals surface area contributed by atoms with Gasteiger partial charge in [-0.2, -0.15) is 10.1 Å². The molecule has 176 valence electrons. The van der Waals surface area contributed by atoms with E-state index in [2.05, 4.69) is 20.1 Å². The first kappa shape index (κ1) is 22.2. The molecule has 0 radical (unpaired) electrons. The molecule has 1 saturated heterocycles. The molecule has 1 N–H and O–H groups in total. The van der Waals surface area contributed by atoms with E-state index in [1.807, 2.05) is 19.4 Å². The molecule has 1 aliphatic heterocycles. The molecule has 7 nitrogen and oxygen atoms in total. The molecule has 0 spiro atoms. The van der Waals surface area contributed by atoms with Gasteiger partial charge in [-0.25, -0.2) is 14.4 Å². The van der Waals surface area contributed by atoms with Gasteiger partial charge >= 0.3 is 0 Å². The largest absolute Gasteiger partial charge is 0.367 e. The standard InChI is InChI=1S/C23H22ClFN6OS2/c1-11-9-31(10-17(32-11)15-8-26-30-18(15)12-3-4-12)22-27-19(14-6-5-13(24)7-16(14)25)20-21(28-22)29-23(33-2)34-20/h5-8,11-12,17H,3-4,9-10H2,1-2H3,(H,26,30)/t11-,17-/m1/s1. The van der Waals surface area contributed by atoms with Crippen LogP contribution in [0.3, 0.4) is 0 Å². The van der Waals surface area contributed by atoms with Gasteiger partial charge in [0.2, 0.25) is 5.95 Å². The molecule has 1 aliphatic carbocycles. The van der Waals surface area contributed by atoms with Crippen LogP contribution in [0.2, 0.25) is 5.02 Å². The average molecular weight is 517 g/mol. The van der Waals surface area contributed by atoms with E-state index >= 15 is 0 Å².